The summed E-state index contributed by atoms with van der Waals surface area (Å²) in [6, 6.07) is -4.91. The summed E-state index contributed by atoms with van der Waals surface area (Å²) in [5, 5.41) is 1.35. The van der Waals surface area contributed by atoms with E-state index in [0.29, 0.717) is 19.3 Å². The minimum atomic E-state index is -5.40. The second kappa shape index (κ2) is 12.0. The first-order valence-electron chi connectivity index (χ1n) is 9.51. The van der Waals surface area contributed by atoms with Crippen LogP contribution >= 0.6 is 0 Å². The zero-order valence-corrected chi connectivity index (χ0v) is 15.5. The molecule has 0 unspecified atom stereocenters. The second-order valence-corrected chi connectivity index (χ2v) is 6.71. The molecule has 0 aliphatic heterocycles. The highest BCUT2D eigenvalue weighted by Gasteiger charge is 2.70. The third kappa shape index (κ3) is 8.65. The monoisotopic (exact) mass is 377 g/mol. The lowest BCUT2D eigenvalue weighted by atomic mass is 10.0. The molecule has 0 aromatic heterocycles. The molecule has 0 aromatic rings. The molecular formula is C18H33F6N. The van der Waals surface area contributed by atoms with Gasteiger partial charge in [0.15, 0.2) is 0 Å². The van der Waals surface area contributed by atoms with Crippen LogP contribution < -0.4 is 5.32 Å². The molecule has 0 aliphatic carbocycles. The standard InChI is InChI=1S/C18H33F6N/c1-3-5-7-9-10-11-13-15-25-18(23,24)17(21,22)16(19,20)14-12-8-6-4-2/h25H,3-15H2,1-2H3. The molecule has 0 amide bonds. The van der Waals surface area contributed by atoms with Crippen molar-refractivity contribution in [3.05, 3.63) is 0 Å². The van der Waals surface area contributed by atoms with Crippen LogP contribution in [-0.4, -0.2) is 24.4 Å². The summed E-state index contributed by atoms with van der Waals surface area (Å²) < 4.78 is 81.7. The molecule has 7 heteroatoms. The lowest BCUT2D eigenvalue weighted by Gasteiger charge is -2.33. The van der Waals surface area contributed by atoms with E-state index in [1.165, 1.54) is 5.32 Å². The lowest BCUT2D eigenvalue weighted by Crippen LogP contribution is -2.61. The maximum absolute atomic E-state index is 13.6. The van der Waals surface area contributed by atoms with Crippen molar-refractivity contribution in [1.82, 2.24) is 5.32 Å². The summed E-state index contributed by atoms with van der Waals surface area (Å²) in [4.78, 5) is 0. The fourth-order valence-corrected chi connectivity index (χ4v) is 2.60. The Kier molecular flexibility index (Phi) is 11.8. The lowest BCUT2D eigenvalue weighted by molar-refractivity contribution is -0.320. The highest BCUT2D eigenvalue weighted by molar-refractivity contribution is 4.94. The fourth-order valence-electron chi connectivity index (χ4n) is 2.60. The van der Waals surface area contributed by atoms with Crippen molar-refractivity contribution in [2.45, 2.75) is 109 Å². The Morgan fingerprint density at radius 2 is 1.04 bits per heavy atom. The van der Waals surface area contributed by atoms with E-state index in [-0.39, 0.29) is 12.8 Å². The summed E-state index contributed by atoms with van der Waals surface area (Å²) in [7, 11) is 0. The second-order valence-electron chi connectivity index (χ2n) is 6.71. The number of alkyl halides is 6. The van der Waals surface area contributed by atoms with E-state index in [0.717, 1.165) is 38.5 Å². The molecule has 0 aliphatic rings. The molecule has 0 bridgehead atoms. The minimum Gasteiger partial charge on any atom is -0.253 e. The van der Waals surface area contributed by atoms with Crippen molar-refractivity contribution in [3.8, 4) is 0 Å². The van der Waals surface area contributed by atoms with Crippen LogP contribution in [0, 0.1) is 0 Å². The van der Waals surface area contributed by atoms with Gasteiger partial charge in [0.25, 0.3) is 0 Å². The quantitative estimate of drug-likeness (QED) is 0.171. The summed E-state index contributed by atoms with van der Waals surface area (Å²) in [5.74, 6) is -10.1. The average molecular weight is 377 g/mol. The van der Waals surface area contributed by atoms with E-state index in [2.05, 4.69) is 6.92 Å². The third-order valence-corrected chi connectivity index (χ3v) is 4.33. The normalized spacial score (nSPS) is 13.4. The Bertz CT molecular complexity index is 334. The van der Waals surface area contributed by atoms with Gasteiger partial charge in [-0.1, -0.05) is 71.6 Å². The topological polar surface area (TPSA) is 12.0 Å². The van der Waals surface area contributed by atoms with Crippen LogP contribution in [0.1, 0.15) is 90.9 Å². The molecule has 0 spiro atoms. The van der Waals surface area contributed by atoms with E-state index >= 15 is 0 Å². The van der Waals surface area contributed by atoms with Crippen molar-refractivity contribution in [2.24, 2.45) is 0 Å². The van der Waals surface area contributed by atoms with Gasteiger partial charge in [0.2, 0.25) is 0 Å². The fraction of sp³-hybridized carbons (Fsp3) is 1.00. The predicted octanol–water partition coefficient (Wildman–Crippen LogP) is 7.16. The molecule has 25 heavy (non-hydrogen) atoms. The largest absolute Gasteiger partial charge is 0.386 e. The van der Waals surface area contributed by atoms with Gasteiger partial charge in [-0.3, -0.25) is 5.32 Å². The van der Waals surface area contributed by atoms with Crippen LogP contribution in [-0.2, 0) is 0 Å². The van der Waals surface area contributed by atoms with Crippen LogP contribution in [0.5, 0.6) is 0 Å². The van der Waals surface area contributed by atoms with Crippen molar-refractivity contribution < 1.29 is 26.3 Å². The molecule has 0 fully saturated rings. The first-order chi connectivity index (χ1) is 11.6. The van der Waals surface area contributed by atoms with Gasteiger partial charge in [-0.2, -0.15) is 26.3 Å². The molecule has 1 N–H and O–H groups in total. The SMILES string of the molecule is CCCCCCCCCNC(F)(F)C(F)(F)C(F)(F)CCCCCC. The van der Waals surface area contributed by atoms with E-state index < -0.39 is 30.9 Å². The Morgan fingerprint density at radius 3 is 1.56 bits per heavy atom. The molecule has 0 heterocycles. The molecule has 0 saturated heterocycles. The number of hydrogen-bond donors (Lipinski definition) is 1. The maximum atomic E-state index is 13.6. The van der Waals surface area contributed by atoms with Gasteiger partial charge in [-0.25, -0.2) is 0 Å². The van der Waals surface area contributed by atoms with E-state index in [1.807, 2.05) is 6.92 Å². The van der Waals surface area contributed by atoms with Gasteiger partial charge in [0, 0.05) is 13.0 Å². The Hall–Kier alpha value is -0.460. The highest BCUT2D eigenvalue weighted by atomic mass is 19.3. The first-order valence-corrected chi connectivity index (χ1v) is 9.51. The van der Waals surface area contributed by atoms with Gasteiger partial charge in [-0.05, 0) is 12.8 Å². The van der Waals surface area contributed by atoms with E-state index in [4.69, 9.17) is 0 Å². The zero-order chi connectivity index (χ0) is 19.4. The van der Waals surface area contributed by atoms with E-state index in [1.54, 1.807) is 0 Å². The van der Waals surface area contributed by atoms with Crippen LogP contribution in [0.3, 0.4) is 0 Å². The molecular weight excluding hydrogens is 344 g/mol. The van der Waals surface area contributed by atoms with Crippen molar-refractivity contribution in [1.29, 1.82) is 0 Å². The van der Waals surface area contributed by atoms with Crippen LogP contribution in [0.4, 0.5) is 26.3 Å². The number of nitrogens with one attached hydrogen (secondary N) is 1. The van der Waals surface area contributed by atoms with Crippen LogP contribution in [0.15, 0.2) is 0 Å². The molecule has 0 atom stereocenters. The Morgan fingerprint density at radius 1 is 0.600 bits per heavy atom. The molecule has 0 saturated carbocycles. The van der Waals surface area contributed by atoms with Crippen LogP contribution in [0.25, 0.3) is 0 Å². The number of rotatable bonds is 16. The number of halogens is 6. The summed E-state index contributed by atoms with van der Waals surface area (Å²) >= 11 is 0. The summed E-state index contributed by atoms with van der Waals surface area (Å²) in [6.45, 7) is 3.52. The minimum absolute atomic E-state index is 0.190. The van der Waals surface area contributed by atoms with Gasteiger partial charge >= 0.3 is 17.9 Å². The Labute approximate surface area is 147 Å². The first kappa shape index (κ1) is 24.5. The molecule has 152 valence electrons. The maximum Gasteiger partial charge on any atom is 0.386 e. The zero-order valence-electron chi connectivity index (χ0n) is 15.5. The third-order valence-electron chi connectivity index (χ3n) is 4.33. The molecule has 1 nitrogen and oxygen atoms in total. The van der Waals surface area contributed by atoms with Crippen LogP contribution in [0.2, 0.25) is 0 Å². The van der Waals surface area contributed by atoms with Crippen molar-refractivity contribution in [2.75, 3.05) is 6.54 Å². The number of unbranched alkanes of at least 4 members (excludes halogenated alkanes) is 9. The highest BCUT2D eigenvalue weighted by Crippen LogP contribution is 2.46. The molecule has 0 rings (SSSR count). The Balaban J connectivity index is 4.27. The smallest absolute Gasteiger partial charge is 0.253 e. The van der Waals surface area contributed by atoms with Gasteiger partial charge < -0.3 is 0 Å². The summed E-state index contributed by atoms with van der Waals surface area (Å²) in [6.07, 6.45) is 6.22. The van der Waals surface area contributed by atoms with Gasteiger partial charge in [0.05, 0.1) is 0 Å². The average Bonchev–Trinajstić information content (AvgIpc) is 2.53. The number of hydrogen-bond acceptors (Lipinski definition) is 1. The van der Waals surface area contributed by atoms with Crippen molar-refractivity contribution >= 4 is 0 Å². The van der Waals surface area contributed by atoms with Gasteiger partial charge in [0.1, 0.15) is 0 Å². The van der Waals surface area contributed by atoms with E-state index in [9.17, 15) is 26.3 Å². The van der Waals surface area contributed by atoms with Crippen molar-refractivity contribution in [3.63, 3.8) is 0 Å². The predicted molar refractivity (Wildman–Crippen MR) is 89.6 cm³/mol. The molecule has 0 aromatic carbocycles. The van der Waals surface area contributed by atoms with Gasteiger partial charge in [-0.15, -0.1) is 0 Å². The molecule has 0 radical (unpaired) electrons. The summed E-state index contributed by atoms with van der Waals surface area (Å²) in [5.41, 5.74) is 0.